The van der Waals surface area contributed by atoms with Gasteiger partial charge in [0.1, 0.15) is 6.61 Å². The minimum absolute atomic E-state index is 0.126. The topological polar surface area (TPSA) is 88.4 Å². The first-order valence-electron chi connectivity index (χ1n) is 11.2. The molecule has 1 heterocycles. The van der Waals surface area contributed by atoms with Crippen LogP contribution in [0, 0.1) is 0 Å². The number of amidine groups is 1. The largest absolute Gasteiger partial charge is 0.490 e. The average molecular weight is 602 g/mol. The van der Waals surface area contributed by atoms with Crippen LogP contribution in [0.3, 0.4) is 0 Å². The van der Waals surface area contributed by atoms with Crippen LogP contribution in [-0.4, -0.2) is 40.7 Å². The average Bonchev–Trinajstić information content (AvgIpc) is 3.12. The molecule has 0 aromatic heterocycles. The molecule has 1 aliphatic heterocycles. The fourth-order valence-electron chi connectivity index (χ4n) is 3.43. The standard InChI is InChI=1S/C27H22BrClN2O5S/c1-3-35-22-12-17(11-21(28)24(22)36-15-16-7-9-19(29)10-8-16)13-23-25(32)31(2)27(37-23)30-20-6-4-5-18(14-20)26(33)34/h4-14H,3,15H2,1-2H3,(H,33,34)/b23-13-,30-27?. The Hall–Kier alpha value is -3.27. The summed E-state index contributed by atoms with van der Waals surface area (Å²) in [5, 5.41) is 10.3. The fourth-order valence-corrected chi connectivity index (χ4v) is 5.12. The van der Waals surface area contributed by atoms with Crippen molar-refractivity contribution in [2.75, 3.05) is 13.7 Å². The Morgan fingerprint density at radius 2 is 1.92 bits per heavy atom. The molecule has 0 aliphatic carbocycles. The van der Waals surface area contributed by atoms with Crippen LogP contribution in [0.2, 0.25) is 5.02 Å². The van der Waals surface area contributed by atoms with Crippen LogP contribution in [0.1, 0.15) is 28.4 Å². The monoisotopic (exact) mass is 600 g/mol. The Morgan fingerprint density at radius 1 is 1.16 bits per heavy atom. The highest BCUT2D eigenvalue weighted by atomic mass is 79.9. The number of nitrogens with zero attached hydrogens (tertiary/aromatic N) is 2. The number of halogens is 2. The van der Waals surface area contributed by atoms with E-state index in [1.54, 1.807) is 25.3 Å². The van der Waals surface area contributed by atoms with Gasteiger partial charge in [-0.2, -0.15) is 0 Å². The first-order valence-corrected chi connectivity index (χ1v) is 13.2. The highest BCUT2D eigenvalue weighted by molar-refractivity contribution is 9.10. The minimum atomic E-state index is -1.04. The SMILES string of the molecule is CCOc1cc(/C=C2\SC(=Nc3cccc(C(=O)O)c3)N(C)C2=O)cc(Br)c1OCc1ccc(Cl)cc1. The van der Waals surface area contributed by atoms with Crippen molar-refractivity contribution in [3.8, 4) is 11.5 Å². The number of aliphatic imine (C=N–C) groups is 1. The molecule has 1 fully saturated rings. The third-order valence-corrected chi connectivity index (χ3v) is 7.15. The maximum absolute atomic E-state index is 12.9. The van der Waals surface area contributed by atoms with Gasteiger partial charge in [0, 0.05) is 12.1 Å². The third kappa shape index (κ3) is 6.54. The molecule has 4 rings (SSSR count). The number of hydrogen-bond donors (Lipinski definition) is 1. The van der Waals surface area contributed by atoms with Crippen molar-refractivity contribution >= 4 is 68.1 Å². The number of hydrogen-bond acceptors (Lipinski definition) is 6. The van der Waals surface area contributed by atoms with Gasteiger partial charge in [-0.3, -0.25) is 9.69 Å². The van der Waals surface area contributed by atoms with Crippen LogP contribution in [0.25, 0.3) is 6.08 Å². The van der Waals surface area contributed by atoms with Crippen molar-refractivity contribution < 1.29 is 24.2 Å². The van der Waals surface area contributed by atoms with Crippen molar-refractivity contribution in [2.24, 2.45) is 4.99 Å². The molecule has 0 unspecified atom stereocenters. The Morgan fingerprint density at radius 3 is 2.62 bits per heavy atom. The van der Waals surface area contributed by atoms with Crippen molar-refractivity contribution in [1.29, 1.82) is 0 Å². The smallest absolute Gasteiger partial charge is 0.335 e. The summed E-state index contributed by atoms with van der Waals surface area (Å²) >= 11 is 10.7. The molecule has 1 N–H and O–H groups in total. The molecular formula is C27H22BrClN2O5S. The summed E-state index contributed by atoms with van der Waals surface area (Å²) in [5.41, 5.74) is 2.28. The van der Waals surface area contributed by atoms with Gasteiger partial charge in [-0.15, -0.1) is 0 Å². The maximum atomic E-state index is 12.9. The number of ether oxygens (including phenoxy) is 2. The molecule has 0 spiro atoms. The Labute approximate surface area is 231 Å². The zero-order valence-electron chi connectivity index (χ0n) is 19.9. The maximum Gasteiger partial charge on any atom is 0.335 e. The second-order valence-electron chi connectivity index (χ2n) is 7.90. The van der Waals surface area contributed by atoms with Gasteiger partial charge in [-0.05, 0) is 94.3 Å². The Kier molecular flexibility index (Phi) is 8.58. The van der Waals surface area contributed by atoms with E-state index in [0.29, 0.717) is 50.0 Å². The van der Waals surface area contributed by atoms with E-state index in [4.69, 9.17) is 21.1 Å². The molecule has 0 saturated carbocycles. The first kappa shape index (κ1) is 26.8. The molecule has 10 heteroatoms. The highest BCUT2D eigenvalue weighted by Crippen LogP contribution is 2.40. The molecule has 7 nitrogen and oxygen atoms in total. The summed E-state index contributed by atoms with van der Waals surface area (Å²) in [6, 6.07) is 17.3. The van der Waals surface area contributed by atoms with E-state index in [-0.39, 0.29) is 11.5 Å². The van der Waals surface area contributed by atoms with E-state index in [2.05, 4.69) is 20.9 Å². The summed E-state index contributed by atoms with van der Waals surface area (Å²) < 4.78 is 12.6. The van der Waals surface area contributed by atoms with Crippen molar-refractivity contribution in [3.63, 3.8) is 0 Å². The molecule has 190 valence electrons. The fraction of sp³-hybridized carbons (Fsp3) is 0.148. The number of amides is 1. The lowest BCUT2D eigenvalue weighted by Crippen LogP contribution is -2.23. The minimum Gasteiger partial charge on any atom is -0.490 e. The lowest BCUT2D eigenvalue weighted by molar-refractivity contribution is -0.121. The summed E-state index contributed by atoms with van der Waals surface area (Å²) in [5.74, 6) is -0.152. The molecule has 1 amide bonds. The van der Waals surface area contributed by atoms with Gasteiger partial charge >= 0.3 is 5.97 Å². The summed E-state index contributed by atoms with van der Waals surface area (Å²) in [6.45, 7) is 2.65. The highest BCUT2D eigenvalue weighted by Gasteiger charge is 2.30. The van der Waals surface area contributed by atoms with E-state index in [1.165, 1.54) is 28.8 Å². The van der Waals surface area contributed by atoms with E-state index in [1.807, 2.05) is 43.3 Å². The first-order chi connectivity index (χ1) is 17.7. The zero-order valence-corrected chi connectivity index (χ0v) is 23.1. The van der Waals surface area contributed by atoms with Crippen LogP contribution in [0.15, 0.2) is 75.0 Å². The van der Waals surface area contributed by atoms with Crippen LogP contribution in [-0.2, 0) is 11.4 Å². The van der Waals surface area contributed by atoms with Gasteiger partial charge in [-0.1, -0.05) is 29.8 Å². The zero-order chi connectivity index (χ0) is 26.5. The molecule has 3 aromatic rings. The summed E-state index contributed by atoms with van der Waals surface area (Å²) in [6.07, 6.45) is 1.76. The van der Waals surface area contributed by atoms with Crippen molar-refractivity contribution in [2.45, 2.75) is 13.5 Å². The number of aromatic carboxylic acids is 1. The number of likely N-dealkylation sites (N-methyl/N-ethyl adjacent to an activating group) is 1. The molecule has 1 saturated heterocycles. The normalized spacial score (nSPS) is 15.5. The predicted octanol–water partition coefficient (Wildman–Crippen LogP) is 7.01. The van der Waals surface area contributed by atoms with E-state index >= 15 is 0 Å². The summed E-state index contributed by atoms with van der Waals surface area (Å²) in [7, 11) is 1.63. The Balaban J connectivity index is 1.59. The molecular weight excluding hydrogens is 580 g/mol. The van der Waals surface area contributed by atoms with Crippen LogP contribution in [0.5, 0.6) is 11.5 Å². The third-order valence-electron chi connectivity index (χ3n) is 5.25. The summed E-state index contributed by atoms with van der Waals surface area (Å²) in [4.78, 5) is 30.6. The van der Waals surface area contributed by atoms with Gasteiger partial charge in [0.2, 0.25) is 0 Å². The van der Waals surface area contributed by atoms with Gasteiger partial charge < -0.3 is 14.6 Å². The molecule has 37 heavy (non-hydrogen) atoms. The number of rotatable bonds is 8. The Bertz CT molecular complexity index is 1410. The molecule has 0 bridgehead atoms. The second kappa shape index (κ2) is 11.9. The van der Waals surface area contributed by atoms with E-state index < -0.39 is 5.97 Å². The predicted molar refractivity (Wildman–Crippen MR) is 150 cm³/mol. The number of carboxylic acid groups (broad SMARTS) is 1. The van der Waals surface area contributed by atoms with Gasteiger partial charge in [0.15, 0.2) is 16.7 Å². The molecule has 0 atom stereocenters. The molecule has 3 aromatic carbocycles. The van der Waals surface area contributed by atoms with E-state index in [0.717, 1.165) is 11.1 Å². The lowest BCUT2D eigenvalue weighted by Gasteiger charge is -2.15. The van der Waals surface area contributed by atoms with Gasteiger partial charge in [0.25, 0.3) is 5.91 Å². The number of carbonyl (C=O) groups excluding carboxylic acids is 1. The second-order valence-corrected chi connectivity index (χ2v) is 10.2. The molecule has 0 radical (unpaired) electrons. The van der Waals surface area contributed by atoms with Gasteiger partial charge in [-0.25, -0.2) is 9.79 Å². The number of carbonyl (C=O) groups is 2. The van der Waals surface area contributed by atoms with E-state index in [9.17, 15) is 14.7 Å². The number of thioether (sulfide) groups is 1. The van der Waals surface area contributed by atoms with Crippen LogP contribution < -0.4 is 9.47 Å². The molecule has 1 aliphatic rings. The van der Waals surface area contributed by atoms with Crippen LogP contribution in [0.4, 0.5) is 5.69 Å². The van der Waals surface area contributed by atoms with Crippen molar-refractivity contribution in [3.05, 3.63) is 91.8 Å². The lowest BCUT2D eigenvalue weighted by atomic mass is 10.1. The number of benzene rings is 3. The van der Waals surface area contributed by atoms with Gasteiger partial charge in [0.05, 0.1) is 27.2 Å². The van der Waals surface area contributed by atoms with Crippen LogP contribution >= 0.6 is 39.3 Å². The van der Waals surface area contributed by atoms with Crippen molar-refractivity contribution in [1.82, 2.24) is 4.90 Å². The number of carboxylic acids is 1. The quantitative estimate of drug-likeness (QED) is 0.279.